The second-order valence-electron chi connectivity index (χ2n) is 3.45. The maximum absolute atomic E-state index is 12.5. The van der Waals surface area contributed by atoms with Crippen LogP contribution in [0.25, 0.3) is 0 Å². The Morgan fingerprint density at radius 2 is 1.81 bits per heavy atom. The zero-order chi connectivity index (χ0) is 12.6. The van der Waals surface area contributed by atoms with Gasteiger partial charge in [0.25, 0.3) is 0 Å². The Hall–Kier alpha value is -1.43. The number of phenols is 1. The minimum Gasteiger partial charge on any atom is -0.507 e. The molecule has 0 saturated carbocycles. The van der Waals surface area contributed by atoms with Gasteiger partial charge in [-0.25, -0.2) is 0 Å². The van der Waals surface area contributed by atoms with Crippen LogP contribution >= 0.6 is 0 Å². The van der Waals surface area contributed by atoms with Gasteiger partial charge >= 0.3 is 6.18 Å². The molecule has 2 N–H and O–H groups in total. The monoisotopic (exact) mass is 236 g/mol. The molecule has 0 aliphatic rings. The van der Waals surface area contributed by atoms with Crippen LogP contribution in [0.5, 0.6) is 11.5 Å². The first-order valence-electron chi connectivity index (χ1n) is 4.36. The first-order chi connectivity index (χ1) is 7.20. The van der Waals surface area contributed by atoms with Crippen LogP contribution in [0.3, 0.4) is 0 Å². The lowest BCUT2D eigenvalue weighted by Gasteiger charge is -2.27. The average molecular weight is 236 g/mol. The van der Waals surface area contributed by atoms with E-state index in [1.807, 2.05) is 0 Å². The molecule has 1 aromatic rings. The highest BCUT2D eigenvalue weighted by atomic mass is 19.4. The molecule has 1 unspecified atom stereocenters. The fraction of sp³-hybridized carbons (Fsp3) is 0.400. The molecule has 0 bridgehead atoms. The Labute approximate surface area is 90.1 Å². The molecule has 0 aliphatic carbocycles. The molecular weight excluding hydrogens is 225 g/mol. The fourth-order valence-electron chi connectivity index (χ4n) is 1.20. The van der Waals surface area contributed by atoms with Crippen molar-refractivity contribution in [2.75, 3.05) is 7.11 Å². The Balaban J connectivity index is 3.24. The third kappa shape index (κ3) is 2.06. The van der Waals surface area contributed by atoms with Gasteiger partial charge in [-0.3, -0.25) is 0 Å². The topological polar surface area (TPSA) is 49.7 Å². The third-order valence-electron chi connectivity index (χ3n) is 2.28. The van der Waals surface area contributed by atoms with Gasteiger partial charge in [-0.05, 0) is 19.1 Å². The molecule has 0 amide bonds. The van der Waals surface area contributed by atoms with E-state index in [1.54, 1.807) is 0 Å². The number of alkyl halides is 3. The van der Waals surface area contributed by atoms with Gasteiger partial charge in [-0.1, -0.05) is 0 Å². The van der Waals surface area contributed by atoms with Crippen LogP contribution in [0.15, 0.2) is 18.2 Å². The van der Waals surface area contributed by atoms with E-state index >= 15 is 0 Å². The van der Waals surface area contributed by atoms with E-state index in [0.717, 1.165) is 12.1 Å². The summed E-state index contributed by atoms with van der Waals surface area (Å²) >= 11 is 0. The highest BCUT2D eigenvalue weighted by Gasteiger charge is 2.52. The number of halogens is 3. The highest BCUT2D eigenvalue weighted by molar-refractivity contribution is 5.43. The molecule has 0 radical (unpaired) electrons. The van der Waals surface area contributed by atoms with Crippen molar-refractivity contribution in [2.24, 2.45) is 0 Å². The average Bonchev–Trinajstić information content (AvgIpc) is 2.15. The van der Waals surface area contributed by atoms with E-state index < -0.39 is 23.1 Å². The van der Waals surface area contributed by atoms with Crippen LogP contribution in [0, 0.1) is 0 Å². The van der Waals surface area contributed by atoms with Crippen molar-refractivity contribution < 1.29 is 28.1 Å². The third-order valence-corrected chi connectivity index (χ3v) is 2.28. The molecule has 16 heavy (non-hydrogen) atoms. The van der Waals surface area contributed by atoms with Crippen LogP contribution in [0.1, 0.15) is 12.5 Å². The van der Waals surface area contributed by atoms with Crippen molar-refractivity contribution in [1.82, 2.24) is 0 Å². The molecule has 0 aromatic heterocycles. The quantitative estimate of drug-likeness (QED) is 0.827. The normalized spacial score (nSPS) is 15.6. The van der Waals surface area contributed by atoms with Crippen molar-refractivity contribution in [3.63, 3.8) is 0 Å². The van der Waals surface area contributed by atoms with Crippen molar-refractivity contribution >= 4 is 0 Å². The summed E-state index contributed by atoms with van der Waals surface area (Å²) in [5, 5.41) is 18.7. The number of aliphatic hydroxyl groups is 1. The molecule has 0 fully saturated rings. The minimum absolute atomic E-state index is 0.208. The van der Waals surface area contributed by atoms with Gasteiger partial charge in [0.1, 0.15) is 11.5 Å². The van der Waals surface area contributed by atoms with Crippen LogP contribution < -0.4 is 4.74 Å². The second-order valence-corrected chi connectivity index (χ2v) is 3.45. The van der Waals surface area contributed by atoms with Crippen molar-refractivity contribution in [2.45, 2.75) is 18.7 Å². The number of rotatable bonds is 2. The summed E-state index contributed by atoms with van der Waals surface area (Å²) in [6.45, 7) is 0.578. The maximum Gasteiger partial charge on any atom is 0.421 e. The Kier molecular flexibility index (Phi) is 3.05. The largest absolute Gasteiger partial charge is 0.507 e. The lowest BCUT2D eigenvalue weighted by atomic mass is 9.94. The maximum atomic E-state index is 12.5. The molecule has 0 aliphatic heterocycles. The van der Waals surface area contributed by atoms with Crippen LogP contribution in [-0.2, 0) is 5.60 Å². The molecule has 1 atom stereocenters. The van der Waals surface area contributed by atoms with Gasteiger partial charge in [0.05, 0.1) is 7.11 Å². The van der Waals surface area contributed by atoms with E-state index in [-0.39, 0.29) is 5.75 Å². The van der Waals surface area contributed by atoms with E-state index in [4.69, 9.17) is 4.74 Å². The molecule has 1 aromatic carbocycles. The first kappa shape index (κ1) is 12.6. The van der Waals surface area contributed by atoms with Gasteiger partial charge in [0.15, 0.2) is 5.60 Å². The molecular formula is C10H11F3O3. The highest BCUT2D eigenvalue weighted by Crippen LogP contribution is 2.42. The van der Waals surface area contributed by atoms with Gasteiger partial charge < -0.3 is 14.9 Å². The summed E-state index contributed by atoms with van der Waals surface area (Å²) in [5.41, 5.74) is -3.70. The lowest BCUT2D eigenvalue weighted by molar-refractivity contribution is -0.259. The summed E-state index contributed by atoms with van der Waals surface area (Å²) in [6, 6.07) is 3.21. The zero-order valence-corrected chi connectivity index (χ0v) is 8.67. The number of hydrogen-bond donors (Lipinski definition) is 2. The summed E-state index contributed by atoms with van der Waals surface area (Å²) in [7, 11) is 1.32. The smallest absolute Gasteiger partial charge is 0.421 e. The number of hydrogen-bond acceptors (Lipinski definition) is 3. The number of phenolic OH excluding ortho intramolecular Hbond substituents is 1. The Morgan fingerprint density at radius 1 is 1.25 bits per heavy atom. The molecule has 0 heterocycles. The molecule has 1 rings (SSSR count). The zero-order valence-electron chi connectivity index (χ0n) is 8.67. The summed E-state index contributed by atoms with van der Waals surface area (Å²) < 4.78 is 42.2. The van der Waals surface area contributed by atoms with Gasteiger partial charge in [0, 0.05) is 11.6 Å². The summed E-state index contributed by atoms with van der Waals surface area (Å²) in [5.74, 6) is -0.458. The number of methoxy groups -OCH3 is 1. The molecule has 6 heteroatoms. The van der Waals surface area contributed by atoms with Crippen LogP contribution in [-0.4, -0.2) is 23.5 Å². The molecule has 0 spiro atoms. The van der Waals surface area contributed by atoms with Gasteiger partial charge in [-0.2, -0.15) is 13.2 Å². The van der Waals surface area contributed by atoms with E-state index in [2.05, 4.69) is 0 Å². The second kappa shape index (κ2) is 3.86. The predicted molar refractivity (Wildman–Crippen MR) is 50.3 cm³/mol. The summed E-state index contributed by atoms with van der Waals surface area (Å²) in [4.78, 5) is 0. The number of ether oxygens (including phenoxy) is 1. The lowest BCUT2D eigenvalue weighted by Crippen LogP contribution is -2.39. The van der Waals surface area contributed by atoms with Crippen molar-refractivity contribution in [1.29, 1.82) is 0 Å². The van der Waals surface area contributed by atoms with Crippen molar-refractivity contribution in [3.05, 3.63) is 23.8 Å². The van der Waals surface area contributed by atoms with E-state index in [9.17, 15) is 23.4 Å². The number of benzene rings is 1. The van der Waals surface area contributed by atoms with Gasteiger partial charge in [-0.15, -0.1) is 0 Å². The fourth-order valence-corrected chi connectivity index (χ4v) is 1.20. The molecule has 3 nitrogen and oxygen atoms in total. The van der Waals surface area contributed by atoms with Crippen LogP contribution in [0.4, 0.5) is 13.2 Å². The summed E-state index contributed by atoms with van der Waals surface area (Å²) in [6.07, 6.45) is -4.86. The minimum atomic E-state index is -4.86. The van der Waals surface area contributed by atoms with Crippen molar-refractivity contribution in [3.8, 4) is 11.5 Å². The van der Waals surface area contributed by atoms with Gasteiger partial charge in [0.2, 0.25) is 0 Å². The number of aromatic hydroxyl groups is 1. The Bertz CT molecular complexity index is 385. The first-order valence-corrected chi connectivity index (χ1v) is 4.36. The SMILES string of the molecule is COc1ccc(C(C)(O)C(F)(F)F)c(O)c1. The van der Waals surface area contributed by atoms with E-state index in [0.29, 0.717) is 6.92 Å². The molecule has 90 valence electrons. The molecule has 0 saturated heterocycles. The standard InChI is InChI=1S/C10H11F3O3/c1-9(15,10(11,12)13)7-4-3-6(16-2)5-8(7)14/h3-5,14-15H,1-2H3. The predicted octanol–water partition coefficient (Wildman–Crippen LogP) is 2.17. The Morgan fingerprint density at radius 3 is 2.19 bits per heavy atom. The van der Waals surface area contributed by atoms with Crippen LogP contribution in [0.2, 0.25) is 0 Å². The van der Waals surface area contributed by atoms with E-state index in [1.165, 1.54) is 13.2 Å².